The van der Waals surface area contributed by atoms with Gasteiger partial charge in [0.2, 0.25) is 5.69 Å². The van der Waals surface area contributed by atoms with Gasteiger partial charge in [-0.2, -0.15) is 0 Å². The predicted octanol–water partition coefficient (Wildman–Crippen LogP) is 5.83. The Bertz CT molecular complexity index is 764. The van der Waals surface area contributed by atoms with E-state index in [1.165, 1.54) is 47.2 Å². The molecule has 0 amide bonds. The number of hydrogen-bond acceptors (Lipinski definition) is 0. The average Bonchev–Trinajstić information content (AvgIpc) is 2.55. The van der Waals surface area contributed by atoms with Crippen LogP contribution >= 0.6 is 0 Å². The number of benzene rings is 1. The quantitative estimate of drug-likeness (QED) is 0.612. The summed E-state index contributed by atoms with van der Waals surface area (Å²) in [4.78, 5) is 0. The van der Waals surface area contributed by atoms with Gasteiger partial charge in [-0.25, -0.2) is 4.57 Å². The molecule has 1 nitrogen and oxygen atoms in total. The molecule has 1 fully saturated rings. The molecule has 0 bridgehead atoms. The maximum Gasteiger partial charge on any atom is 0.212 e. The Balaban J connectivity index is 2.04. The summed E-state index contributed by atoms with van der Waals surface area (Å²) in [6, 6.07) is 11.1. The average molecular weight is 324 g/mol. The lowest BCUT2D eigenvalue weighted by Crippen LogP contribution is -2.33. The monoisotopic (exact) mass is 323 g/mol. The fourth-order valence-corrected chi connectivity index (χ4v) is 3.72. The van der Waals surface area contributed by atoms with Gasteiger partial charge in [-0.3, -0.25) is 0 Å². The number of aromatic nitrogens is 1. The third kappa shape index (κ3) is 3.55. The van der Waals surface area contributed by atoms with Crippen LogP contribution in [0.25, 0.3) is 11.3 Å². The fourth-order valence-electron chi connectivity index (χ4n) is 3.72. The SMILES string of the molecule is [2H]C1(c2ccc(C)c(-c3ccc(C(C)(C)C)c[n+]3C)c2)CCCCC1. The molecule has 128 valence electrons. The Labute approximate surface area is 149 Å². The standard InChI is InChI=1S/C23H32N/c1-17-11-12-19(18-9-7-6-8-10-18)15-21(17)22-14-13-20(16-24(22)5)23(2,3)4/h11-16,18H,6-10H2,1-5H3/q+1/i18D. The zero-order valence-electron chi connectivity index (χ0n) is 16.9. The van der Waals surface area contributed by atoms with Gasteiger partial charge >= 0.3 is 0 Å². The minimum Gasteiger partial charge on any atom is -0.201 e. The molecule has 0 atom stereocenters. The molecule has 1 aliphatic carbocycles. The molecule has 1 saturated carbocycles. The molecule has 0 saturated heterocycles. The topological polar surface area (TPSA) is 3.88 Å². The Morgan fingerprint density at radius 2 is 1.75 bits per heavy atom. The van der Waals surface area contributed by atoms with Crippen LogP contribution in [-0.4, -0.2) is 0 Å². The summed E-state index contributed by atoms with van der Waals surface area (Å²) < 4.78 is 11.2. The number of aryl methyl sites for hydroxylation is 2. The summed E-state index contributed by atoms with van der Waals surface area (Å²) in [6.07, 6.45) is 7.87. The third-order valence-electron chi connectivity index (χ3n) is 5.38. The summed E-state index contributed by atoms with van der Waals surface area (Å²) in [7, 11) is 2.13. The van der Waals surface area contributed by atoms with Crippen molar-refractivity contribution in [3.8, 4) is 11.3 Å². The van der Waals surface area contributed by atoms with Crippen molar-refractivity contribution in [2.24, 2.45) is 7.05 Å². The van der Waals surface area contributed by atoms with Crippen LogP contribution in [0.2, 0.25) is 0 Å². The van der Waals surface area contributed by atoms with Crippen molar-refractivity contribution in [3.63, 3.8) is 0 Å². The normalized spacial score (nSPS) is 18.3. The van der Waals surface area contributed by atoms with Gasteiger partial charge in [-0.15, -0.1) is 0 Å². The van der Waals surface area contributed by atoms with E-state index >= 15 is 0 Å². The molecule has 0 aliphatic heterocycles. The van der Waals surface area contributed by atoms with Crippen LogP contribution in [0.3, 0.4) is 0 Å². The summed E-state index contributed by atoms with van der Waals surface area (Å²) in [6.45, 7) is 8.93. The van der Waals surface area contributed by atoms with E-state index in [-0.39, 0.29) is 5.41 Å². The van der Waals surface area contributed by atoms with Crippen LogP contribution in [0.4, 0.5) is 0 Å². The summed E-state index contributed by atoms with van der Waals surface area (Å²) >= 11 is 0. The van der Waals surface area contributed by atoms with Crippen molar-refractivity contribution in [1.29, 1.82) is 0 Å². The molecule has 1 aromatic heterocycles. The van der Waals surface area contributed by atoms with Crippen LogP contribution in [-0.2, 0) is 12.5 Å². The smallest absolute Gasteiger partial charge is 0.201 e. The van der Waals surface area contributed by atoms with Crippen molar-refractivity contribution >= 4 is 0 Å². The van der Waals surface area contributed by atoms with Gasteiger partial charge in [0.05, 0.1) is 0 Å². The molecule has 0 spiro atoms. The van der Waals surface area contributed by atoms with Gasteiger partial charge in [0.15, 0.2) is 6.20 Å². The molecule has 0 unspecified atom stereocenters. The first kappa shape index (κ1) is 15.9. The fraction of sp³-hybridized carbons (Fsp3) is 0.522. The van der Waals surface area contributed by atoms with E-state index in [2.05, 4.69) is 75.8 Å². The van der Waals surface area contributed by atoms with Gasteiger partial charge in [-0.1, -0.05) is 52.2 Å². The van der Waals surface area contributed by atoms with E-state index in [9.17, 15) is 0 Å². The van der Waals surface area contributed by atoms with E-state index in [0.29, 0.717) is 0 Å². The maximum absolute atomic E-state index is 8.95. The first-order chi connectivity index (χ1) is 11.7. The highest BCUT2D eigenvalue weighted by Crippen LogP contribution is 2.35. The molecule has 0 radical (unpaired) electrons. The molecule has 1 heteroatoms. The second-order valence-corrected chi connectivity index (χ2v) is 8.36. The lowest BCUT2D eigenvalue weighted by molar-refractivity contribution is -0.661. The van der Waals surface area contributed by atoms with E-state index < -0.39 is 5.89 Å². The zero-order chi connectivity index (χ0) is 18.2. The van der Waals surface area contributed by atoms with Crippen molar-refractivity contribution in [2.45, 2.75) is 71.1 Å². The van der Waals surface area contributed by atoms with Gasteiger partial charge in [0, 0.05) is 18.6 Å². The molecule has 0 N–H and O–H groups in total. The van der Waals surface area contributed by atoms with Crippen molar-refractivity contribution in [1.82, 2.24) is 0 Å². The van der Waals surface area contributed by atoms with Crippen molar-refractivity contribution < 1.29 is 5.94 Å². The van der Waals surface area contributed by atoms with Gasteiger partial charge < -0.3 is 0 Å². The van der Waals surface area contributed by atoms with Crippen molar-refractivity contribution in [3.05, 3.63) is 53.2 Å². The van der Waals surface area contributed by atoms with Gasteiger partial charge in [0.1, 0.15) is 7.05 Å². The first-order valence-corrected chi connectivity index (χ1v) is 9.32. The lowest BCUT2D eigenvalue weighted by atomic mass is 9.82. The molecule has 1 heterocycles. The molecule has 2 aromatic rings. The molecular weight excluding hydrogens is 290 g/mol. The Kier molecular flexibility index (Phi) is 4.43. The van der Waals surface area contributed by atoms with E-state index in [1.807, 2.05) is 0 Å². The van der Waals surface area contributed by atoms with Crippen LogP contribution in [0, 0.1) is 6.92 Å². The maximum atomic E-state index is 8.95. The lowest BCUT2D eigenvalue weighted by Gasteiger charge is -2.23. The van der Waals surface area contributed by atoms with E-state index in [0.717, 1.165) is 12.8 Å². The number of pyridine rings is 1. The number of nitrogens with zero attached hydrogens (tertiary/aromatic N) is 1. The van der Waals surface area contributed by atoms with Crippen molar-refractivity contribution in [2.75, 3.05) is 0 Å². The Morgan fingerprint density at radius 1 is 1.04 bits per heavy atom. The highest BCUT2D eigenvalue weighted by atomic mass is 14.9. The second-order valence-electron chi connectivity index (χ2n) is 8.36. The first-order valence-electron chi connectivity index (χ1n) is 9.82. The molecule has 1 aromatic carbocycles. The summed E-state index contributed by atoms with van der Waals surface area (Å²) in [5, 5.41) is 0. The van der Waals surface area contributed by atoms with Gasteiger partial charge in [0.25, 0.3) is 0 Å². The zero-order valence-corrected chi connectivity index (χ0v) is 15.9. The Hall–Kier alpha value is -1.63. The predicted molar refractivity (Wildman–Crippen MR) is 102 cm³/mol. The summed E-state index contributed by atoms with van der Waals surface area (Å²) in [5.41, 5.74) is 6.46. The van der Waals surface area contributed by atoms with Crippen LogP contribution in [0.15, 0.2) is 36.5 Å². The summed E-state index contributed by atoms with van der Waals surface area (Å²) in [5.74, 6) is -0.398. The number of hydrogen-bond donors (Lipinski definition) is 0. The second kappa shape index (κ2) is 6.70. The minimum absolute atomic E-state index is 0.153. The van der Waals surface area contributed by atoms with Crippen LogP contribution in [0.1, 0.15) is 76.8 Å². The molecule has 3 rings (SSSR count). The molecule has 1 aliphatic rings. The Morgan fingerprint density at radius 3 is 2.38 bits per heavy atom. The number of rotatable bonds is 2. The van der Waals surface area contributed by atoms with Crippen LogP contribution in [0.5, 0.6) is 0 Å². The molecule has 24 heavy (non-hydrogen) atoms. The third-order valence-corrected chi connectivity index (χ3v) is 5.38. The minimum atomic E-state index is -0.398. The van der Waals surface area contributed by atoms with Gasteiger partial charge in [-0.05, 0) is 54.3 Å². The van der Waals surface area contributed by atoms with E-state index in [1.54, 1.807) is 0 Å². The van der Waals surface area contributed by atoms with E-state index in [4.69, 9.17) is 1.37 Å². The largest absolute Gasteiger partial charge is 0.212 e. The highest BCUT2D eigenvalue weighted by Gasteiger charge is 2.22. The highest BCUT2D eigenvalue weighted by molar-refractivity contribution is 5.62. The molecular formula is C23H32N+. The van der Waals surface area contributed by atoms with Crippen LogP contribution < -0.4 is 4.57 Å².